The molecule has 0 radical (unpaired) electrons. The second kappa shape index (κ2) is 8.47. The van der Waals surface area contributed by atoms with Crippen LogP contribution in [0.3, 0.4) is 0 Å². The Kier molecular flexibility index (Phi) is 5.80. The molecule has 1 unspecified atom stereocenters. The van der Waals surface area contributed by atoms with Gasteiger partial charge in [0.05, 0.1) is 19.3 Å². The molecule has 1 aromatic heterocycles. The van der Waals surface area contributed by atoms with Crippen molar-refractivity contribution in [1.82, 2.24) is 10.2 Å². The van der Waals surface area contributed by atoms with Gasteiger partial charge in [-0.25, -0.2) is 0 Å². The van der Waals surface area contributed by atoms with Gasteiger partial charge in [-0.15, -0.1) is 0 Å². The van der Waals surface area contributed by atoms with Gasteiger partial charge in [0.25, 0.3) is 5.91 Å². The Hall–Kier alpha value is -2.15. The van der Waals surface area contributed by atoms with Gasteiger partial charge >= 0.3 is 0 Å². The van der Waals surface area contributed by atoms with Crippen LogP contribution in [0.1, 0.15) is 27.7 Å². The summed E-state index contributed by atoms with van der Waals surface area (Å²) in [6.45, 7) is 5.87. The second-order valence-corrected chi connectivity index (χ2v) is 7.96. The van der Waals surface area contributed by atoms with E-state index in [1.165, 1.54) is 0 Å². The molecule has 1 aliphatic heterocycles. The van der Waals surface area contributed by atoms with Crippen molar-refractivity contribution in [3.05, 3.63) is 69.9 Å². The Morgan fingerprint density at radius 2 is 1.93 bits per heavy atom. The van der Waals surface area contributed by atoms with E-state index in [1.54, 1.807) is 0 Å². The topological polar surface area (TPSA) is 54.7 Å². The number of fused-ring (bicyclic) bond motifs is 1. The van der Waals surface area contributed by atoms with Crippen LogP contribution in [0.15, 0.2) is 57.4 Å². The van der Waals surface area contributed by atoms with Gasteiger partial charge in [-0.1, -0.05) is 46.3 Å². The van der Waals surface area contributed by atoms with E-state index in [-0.39, 0.29) is 11.9 Å². The number of furan rings is 1. The highest BCUT2D eigenvalue weighted by atomic mass is 79.9. The Labute approximate surface area is 172 Å². The van der Waals surface area contributed by atoms with Crippen LogP contribution in [0.4, 0.5) is 0 Å². The fraction of sp³-hybridized carbons (Fsp3) is 0.318. The van der Waals surface area contributed by atoms with E-state index in [1.807, 2.05) is 55.5 Å². The third kappa shape index (κ3) is 4.14. The highest BCUT2D eigenvalue weighted by Gasteiger charge is 2.24. The molecule has 0 spiro atoms. The molecule has 1 atom stereocenters. The molecule has 4 rings (SSSR count). The first-order valence-corrected chi connectivity index (χ1v) is 10.3. The molecule has 1 amide bonds. The van der Waals surface area contributed by atoms with E-state index >= 15 is 0 Å². The van der Waals surface area contributed by atoms with Crippen molar-refractivity contribution < 1.29 is 13.9 Å². The van der Waals surface area contributed by atoms with Crippen molar-refractivity contribution in [2.24, 2.45) is 0 Å². The molecule has 5 nitrogen and oxygen atoms in total. The lowest BCUT2D eigenvalue weighted by Crippen LogP contribution is -2.43. The van der Waals surface area contributed by atoms with Gasteiger partial charge in [0.1, 0.15) is 5.58 Å². The lowest BCUT2D eigenvalue weighted by atomic mass is 10.1. The minimum absolute atomic E-state index is 0.119. The van der Waals surface area contributed by atoms with Crippen LogP contribution in [-0.4, -0.2) is 43.7 Å². The molecule has 2 aromatic carbocycles. The predicted molar refractivity (Wildman–Crippen MR) is 113 cm³/mol. The van der Waals surface area contributed by atoms with Crippen molar-refractivity contribution >= 4 is 32.8 Å². The summed E-state index contributed by atoms with van der Waals surface area (Å²) < 4.78 is 12.3. The van der Waals surface area contributed by atoms with Crippen LogP contribution in [-0.2, 0) is 4.74 Å². The van der Waals surface area contributed by atoms with E-state index in [0.29, 0.717) is 5.76 Å². The largest absolute Gasteiger partial charge is 0.451 e. The lowest BCUT2D eigenvalue weighted by molar-refractivity contribution is 0.0331. The summed E-state index contributed by atoms with van der Waals surface area (Å²) in [5.41, 5.74) is 2.65. The normalized spacial score (nSPS) is 16.2. The summed E-state index contributed by atoms with van der Waals surface area (Å²) in [6.07, 6.45) is 0. The molecule has 1 saturated heterocycles. The maximum Gasteiger partial charge on any atom is 0.287 e. The zero-order chi connectivity index (χ0) is 19.5. The molecule has 2 heterocycles. The fourth-order valence-corrected chi connectivity index (χ4v) is 3.96. The quantitative estimate of drug-likeness (QED) is 0.639. The monoisotopic (exact) mass is 442 g/mol. The van der Waals surface area contributed by atoms with Crippen LogP contribution in [0.2, 0.25) is 0 Å². The molecule has 28 heavy (non-hydrogen) atoms. The molecule has 3 aromatic rings. The number of aryl methyl sites for hydroxylation is 1. The van der Waals surface area contributed by atoms with Crippen LogP contribution in [0.25, 0.3) is 11.0 Å². The van der Waals surface area contributed by atoms with E-state index in [0.717, 1.165) is 59.4 Å². The molecule has 1 N–H and O–H groups in total. The number of halogens is 1. The number of nitrogens with zero attached hydrogens (tertiary/aromatic N) is 1. The number of rotatable bonds is 5. The number of benzene rings is 2. The summed E-state index contributed by atoms with van der Waals surface area (Å²) in [4.78, 5) is 15.4. The van der Waals surface area contributed by atoms with E-state index in [9.17, 15) is 4.79 Å². The van der Waals surface area contributed by atoms with Crippen molar-refractivity contribution in [3.63, 3.8) is 0 Å². The Bertz CT molecular complexity index is 965. The van der Waals surface area contributed by atoms with Crippen LogP contribution >= 0.6 is 15.9 Å². The van der Waals surface area contributed by atoms with E-state index < -0.39 is 0 Å². The maximum absolute atomic E-state index is 13.1. The van der Waals surface area contributed by atoms with E-state index in [4.69, 9.17) is 9.15 Å². The van der Waals surface area contributed by atoms with Crippen molar-refractivity contribution in [2.45, 2.75) is 13.0 Å². The fourth-order valence-electron chi connectivity index (χ4n) is 3.60. The number of amides is 1. The highest BCUT2D eigenvalue weighted by Crippen LogP contribution is 2.28. The average molecular weight is 443 g/mol. The van der Waals surface area contributed by atoms with Gasteiger partial charge in [0.2, 0.25) is 0 Å². The summed E-state index contributed by atoms with van der Waals surface area (Å²) in [6, 6.07) is 15.7. The molecule has 0 bridgehead atoms. The first-order chi connectivity index (χ1) is 13.6. The van der Waals surface area contributed by atoms with Gasteiger partial charge in [-0.2, -0.15) is 0 Å². The number of nitrogens with one attached hydrogen (secondary N) is 1. The Morgan fingerprint density at radius 3 is 2.68 bits per heavy atom. The molecular formula is C22H23BrN2O3. The van der Waals surface area contributed by atoms with Crippen molar-refractivity contribution in [1.29, 1.82) is 0 Å². The molecule has 1 aliphatic rings. The van der Waals surface area contributed by atoms with Crippen molar-refractivity contribution in [2.75, 3.05) is 32.8 Å². The van der Waals surface area contributed by atoms with Gasteiger partial charge in [0, 0.05) is 35.1 Å². The summed E-state index contributed by atoms with van der Waals surface area (Å²) in [5, 5.41) is 4.13. The molecule has 146 valence electrons. The second-order valence-electron chi connectivity index (χ2n) is 7.05. The van der Waals surface area contributed by atoms with Crippen LogP contribution < -0.4 is 5.32 Å². The number of hydrogen-bond acceptors (Lipinski definition) is 4. The molecular weight excluding hydrogens is 420 g/mol. The zero-order valence-corrected chi connectivity index (χ0v) is 17.4. The van der Waals surface area contributed by atoms with E-state index in [2.05, 4.69) is 26.1 Å². The third-order valence-corrected chi connectivity index (χ3v) is 5.65. The maximum atomic E-state index is 13.1. The number of ether oxygens (including phenoxy) is 1. The van der Waals surface area contributed by atoms with Crippen LogP contribution in [0, 0.1) is 6.92 Å². The minimum atomic E-state index is -0.188. The molecule has 0 aliphatic carbocycles. The minimum Gasteiger partial charge on any atom is -0.451 e. The van der Waals surface area contributed by atoms with Crippen LogP contribution in [0.5, 0.6) is 0 Å². The SMILES string of the molecule is Cc1c(C(=O)NC(CN2CCOCC2)c2ccccc2)oc2ccc(Br)cc12. The molecule has 6 heteroatoms. The Morgan fingerprint density at radius 1 is 1.18 bits per heavy atom. The first-order valence-electron chi connectivity index (χ1n) is 9.46. The van der Waals surface area contributed by atoms with Gasteiger partial charge in [-0.3, -0.25) is 9.69 Å². The Balaban J connectivity index is 1.59. The number of carbonyl (C=O) groups is 1. The van der Waals surface area contributed by atoms with Gasteiger partial charge < -0.3 is 14.5 Å². The van der Waals surface area contributed by atoms with Gasteiger partial charge in [0.15, 0.2) is 5.76 Å². The first kappa shape index (κ1) is 19.2. The summed E-state index contributed by atoms with van der Waals surface area (Å²) >= 11 is 3.48. The van der Waals surface area contributed by atoms with Crippen molar-refractivity contribution in [3.8, 4) is 0 Å². The number of hydrogen-bond donors (Lipinski definition) is 1. The summed E-state index contributed by atoms with van der Waals surface area (Å²) in [7, 11) is 0. The predicted octanol–water partition coefficient (Wildman–Crippen LogP) is 4.31. The number of morpholine rings is 1. The standard InChI is InChI=1S/C22H23BrN2O3/c1-15-18-13-17(23)7-8-20(18)28-21(15)22(26)24-19(16-5-3-2-4-6-16)14-25-9-11-27-12-10-25/h2-8,13,19H,9-12,14H2,1H3,(H,24,26). The average Bonchev–Trinajstić information content (AvgIpc) is 3.05. The lowest BCUT2D eigenvalue weighted by Gasteiger charge is -2.31. The highest BCUT2D eigenvalue weighted by molar-refractivity contribution is 9.10. The third-order valence-electron chi connectivity index (χ3n) is 5.16. The van der Waals surface area contributed by atoms with Gasteiger partial charge in [-0.05, 0) is 30.7 Å². The zero-order valence-electron chi connectivity index (χ0n) is 15.8. The summed E-state index contributed by atoms with van der Waals surface area (Å²) in [5.74, 6) is 0.183. The number of carbonyl (C=O) groups excluding carboxylic acids is 1. The molecule has 0 saturated carbocycles. The molecule has 1 fully saturated rings. The smallest absolute Gasteiger partial charge is 0.287 e.